The van der Waals surface area contributed by atoms with Gasteiger partial charge in [0.2, 0.25) is 5.09 Å². The van der Waals surface area contributed by atoms with Crippen molar-refractivity contribution >= 4 is 21.4 Å². The Kier molecular flexibility index (Phi) is 3.96. The first-order chi connectivity index (χ1) is 9.77. The van der Waals surface area contributed by atoms with Gasteiger partial charge in [0.05, 0.1) is 11.5 Å². The Bertz CT molecular complexity index is 782. The molecular formula is C12H13N3O5S. The van der Waals surface area contributed by atoms with Gasteiger partial charge in [0.1, 0.15) is 5.76 Å². The van der Waals surface area contributed by atoms with Crippen LogP contribution < -0.4 is 10.5 Å². The van der Waals surface area contributed by atoms with Crippen molar-refractivity contribution in [2.45, 2.75) is 18.6 Å². The Labute approximate surface area is 120 Å². The van der Waals surface area contributed by atoms with Crippen LogP contribution in [0.3, 0.4) is 0 Å². The van der Waals surface area contributed by atoms with E-state index in [9.17, 15) is 18.5 Å². The summed E-state index contributed by atoms with van der Waals surface area (Å²) < 4.78 is 27.2. The van der Waals surface area contributed by atoms with Crippen molar-refractivity contribution in [1.82, 2.24) is 0 Å². The summed E-state index contributed by atoms with van der Waals surface area (Å²) in [6.07, 6.45) is 0. The third-order valence-corrected chi connectivity index (χ3v) is 3.57. The largest absolute Gasteiger partial charge is 0.446 e. The monoisotopic (exact) mass is 311 g/mol. The second-order valence-corrected chi connectivity index (χ2v) is 5.87. The lowest BCUT2D eigenvalue weighted by Gasteiger charge is -2.05. The molecule has 1 aromatic heterocycles. The van der Waals surface area contributed by atoms with Gasteiger partial charge in [-0.3, -0.25) is 10.1 Å². The summed E-state index contributed by atoms with van der Waals surface area (Å²) in [5.41, 5.74) is 1.09. The molecule has 1 heterocycles. The number of nitrogens with two attached hydrogens (primary N) is 1. The highest BCUT2D eigenvalue weighted by atomic mass is 32.2. The number of nitro benzene ring substituents is 1. The number of nitro groups is 1. The number of aryl methyl sites for hydroxylation is 1. The number of sulfonamides is 1. The second kappa shape index (κ2) is 5.54. The van der Waals surface area contributed by atoms with E-state index >= 15 is 0 Å². The maximum absolute atomic E-state index is 11.1. The van der Waals surface area contributed by atoms with Crippen LogP contribution in [0.5, 0.6) is 0 Å². The normalized spacial score (nSPS) is 11.3. The van der Waals surface area contributed by atoms with Gasteiger partial charge in [0, 0.05) is 17.3 Å². The van der Waals surface area contributed by atoms with E-state index in [1.807, 2.05) is 0 Å². The van der Waals surface area contributed by atoms with Crippen molar-refractivity contribution in [2.75, 3.05) is 5.32 Å². The number of nitrogens with zero attached hydrogens (tertiary/aromatic N) is 1. The molecule has 3 N–H and O–H groups in total. The lowest BCUT2D eigenvalue weighted by atomic mass is 10.2. The lowest BCUT2D eigenvalue weighted by Crippen LogP contribution is -2.10. The molecule has 0 fully saturated rings. The van der Waals surface area contributed by atoms with Gasteiger partial charge in [-0.25, -0.2) is 13.6 Å². The fourth-order valence-corrected chi connectivity index (χ4v) is 2.19. The molecular weight excluding hydrogens is 298 g/mol. The minimum Gasteiger partial charge on any atom is -0.446 e. The zero-order valence-electron chi connectivity index (χ0n) is 11.1. The molecule has 0 saturated carbocycles. The molecule has 0 aliphatic carbocycles. The van der Waals surface area contributed by atoms with E-state index in [2.05, 4.69) is 5.32 Å². The van der Waals surface area contributed by atoms with Crippen LogP contribution in [0.4, 0.5) is 11.4 Å². The van der Waals surface area contributed by atoms with Gasteiger partial charge >= 0.3 is 0 Å². The van der Waals surface area contributed by atoms with E-state index in [-0.39, 0.29) is 17.3 Å². The third-order valence-electron chi connectivity index (χ3n) is 2.79. The molecule has 9 heteroatoms. The maximum Gasteiger partial charge on any atom is 0.274 e. The number of furan rings is 1. The fourth-order valence-electron chi connectivity index (χ4n) is 1.71. The molecule has 0 radical (unpaired) electrons. The zero-order chi connectivity index (χ0) is 15.6. The van der Waals surface area contributed by atoms with Gasteiger partial charge in [0.15, 0.2) is 0 Å². The molecule has 0 amide bonds. The minimum atomic E-state index is -3.87. The highest BCUT2D eigenvalue weighted by Gasteiger charge is 2.14. The molecule has 2 rings (SSSR count). The Morgan fingerprint density at radius 3 is 2.62 bits per heavy atom. The topological polar surface area (TPSA) is 128 Å². The van der Waals surface area contributed by atoms with Crippen LogP contribution in [0, 0.1) is 17.0 Å². The van der Waals surface area contributed by atoms with Crippen LogP contribution in [-0.4, -0.2) is 13.3 Å². The predicted octanol–water partition coefficient (Wildman–Crippen LogP) is 1.76. The summed E-state index contributed by atoms with van der Waals surface area (Å²) in [4.78, 5) is 10.4. The Hall–Kier alpha value is -2.39. The van der Waals surface area contributed by atoms with Crippen molar-refractivity contribution in [3.63, 3.8) is 0 Å². The Morgan fingerprint density at radius 2 is 2.05 bits per heavy atom. The Morgan fingerprint density at radius 1 is 1.33 bits per heavy atom. The third kappa shape index (κ3) is 3.58. The van der Waals surface area contributed by atoms with Crippen LogP contribution in [0.1, 0.15) is 11.3 Å². The first kappa shape index (κ1) is 15.0. The van der Waals surface area contributed by atoms with Gasteiger partial charge in [0.25, 0.3) is 15.7 Å². The molecule has 0 unspecified atom stereocenters. The number of nitrogens with one attached hydrogen (secondary N) is 1. The summed E-state index contributed by atoms with van der Waals surface area (Å²) in [5.74, 6) is 0.349. The average molecular weight is 311 g/mol. The Balaban J connectivity index is 2.12. The predicted molar refractivity (Wildman–Crippen MR) is 75.2 cm³/mol. The minimum absolute atomic E-state index is 0.00432. The van der Waals surface area contributed by atoms with Crippen LogP contribution >= 0.6 is 0 Å². The van der Waals surface area contributed by atoms with Gasteiger partial charge in [-0.05, 0) is 25.1 Å². The molecule has 112 valence electrons. The molecule has 0 bridgehead atoms. The van der Waals surface area contributed by atoms with Crippen LogP contribution in [0.2, 0.25) is 0 Å². The highest BCUT2D eigenvalue weighted by Crippen LogP contribution is 2.23. The molecule has 0 spiro atoms. The quantitative estimate of drug-likeness (QED) is 0.639. The van der Waals surface area contributed by atoms with Gasteiger partial charge < -0.3 is 9.73 Å². The van der Waals surface area contributed by atoms with Crippen molar-refractivity contribution in [3.05, 3.63) is 51.8 Å². The molecule has 0 atom stereocenters. The molecule has 8 nitrogen and oxygen atoms in total. The molecule has 1 aromatic carbocycles. The summed E-state index contributed by atoms with van der Waals surface area (Å²) in [6.45, 7) is 1.82. The van der Waals surface area contributed by atoms with E-state index in [1.165, 1.54) is 18.2 Å². The number of primary sulfonamides is 1. The number of rotatable bonds is 5. The molecule has 2 aromatic rings. The summed E-state index contributed by atoms with van der Waals surface area (Å²) in [7, 11) is -3.87. The molecule has 0 aliphatic heterocycles. The summed E-state index contributed by atoms with van der Waals surface area (Å²) in [5, 5.41) is 18.4. The lowest BCUT2D eigenvalue weighted by molar-refractivity contribution is -0.385. The smallest absolute Gasteiger partial charge is 0.274 e. The first-order valence-corrected chi connectivity index (χ1v) is 7.42. The fraction of sp³-hybridized carbons (Fsp3) is 0.167. The van der Waals surface area contributed by atoms with Crippen LogP contribution in [0.25, 0.3) is 0 Å². The number of hydrogen-bond acceptors (Lipinski definition) is 6. The van der Waals surface area contributed by atoms with Crippen molar-refractivity contribution in [2.24, 2.45) is 5.14 Å². The molecule has 0 aliphatic rings. The van der Waals surface area contributed by atoms with Crippen molar-refractivity contribution < 1.29 is 17.8 Å². The summed E-state index contributed by atoms with van der Waals surface area (Å²) >= 11 is 0. The molecule has 21 heavy (non-hydrogen) atoms. The van der Waals surface area contributed by atoms with E-state index in [0.29, 0.717) is 17.0 Å². The average Bonchev–Trinajstić information content (AvgIpc) is 2.86. The highest BCUT2D eigenvalue weighted by molar-refractivity contribution is 7.89. The van der Waals surface area contributed by atoms with E-state index in [1.54, 1.807) is 19.1 Å². The van der Waals surface area contributed by atoms with E-state index in [0.717, 1.165) is 0 Å². The van der Waals surface area contributed by atoms with Crippen LogP contribution in [0.15, 0.2) is 39.8 Å². The van der Waals surface area contributed by atoms with Gasteiger partial charge in [-0.1, -0.05) is 6.07 Å². The second-order valence-electron chi connectivity index (χ2n) is 4.38. The molecule has 0 saturated heterocycles. The van der Waals surface area contributed by atoms with Crippen LogP contribution in [-0.2, 0) is 16.6 Å². The zero-order valence-corrected chi connectivity index (χ0v) is 11.9. The SMILES string of the molecule is Cc1ccc(NCc2ccc(S(N)(=O)=O)o2)cc1[N+](=O)[O-]. The van der Waals surface area contributed by atoms with Gasteiger partial charge in [-0.15, -0.1) is 0 Å². The summed E-state index contributed by atoms with van der Waals surface area (Å²) in [6, 6.07) is 7.43. The standard InChI is InChI=1S/C12H13N3O5S/c1-8-2-3-9(6-11(8)15(16)17)14-7-10-4-5-12(20-10)21(13,18)19/h2-6,14H,7H2,1H3,(H2,13,18,19). The van der Waals surface area contributed by atoms with E-state index < -0.39 is 14.9 Å². The van der Waals surface area contributed by atoms with Crippen molar-refractivity contribution in [3.8, 4) is 0 Å². The van der Waals surface area contributed by atoms with E-state index in [4.69, 9.17) is 9.56 Å². The number of anilines is 1. The first-order valence-electron chi connectivity index (χ1n) is 5.88. The number of hydrogen-bond donors (Lipinski definition) is 2. The van der Waals surface area contributed by atoms with Crippen molar-refractivity contribution in [1.29, 1.82) is 0 Å². The maximum atomic E-state index is 11.1. The van der Waals surface area contributed by atoms with Gasteiger partial charge in [-0.2, -0.15) is 0 Å². The number of benzene rings is 1.